The van der Waals surface area contributed by atoms with Crippen molar-refractivity contribution in [3.63, 3.8) is 0 Å². The molecule has 80 valence electrons. The van der Waals surface area contributed by atoms with E-state index < -0.39 is 32.9 Å². The van der Waals surface area contributed by atoms with Gasteiger partial charge in [0.1, 0.15) is 0 Å². The second-order valence-electron chi connectivity index (χ2n) is 1.27. The molecule has 0 amide bonds. The minimum Gasteiger partial charge on any atom is -1.00 e. The summed E-state index contributed by atoms with van der Waals surface area (Å²) in [6.07, 6.45) is -2.23. The van der Waals surface area contributed by atoms with E-state index in [0.29, 0.717) is 0 Å². The van der Waals surface area contributed by atoms with Crippen LogP contribution in [0.4, 0.5) is 4.79 Å². The number of carbonyl (C=O) groups is 1. The zero-order valence-electron chi connectivity index (χ0n) is 10.5. The third-order valence-electron chi connectivity index (χ3n) is 0.347. The van der Waals surface area contributed by atoms with Crippen molar-refractivity contribution in [1.29, 1.82) is 0 Å². The molecular formula is CH6Ba2O9Se2. The first kappa shape index (κ1) is 21.8. The summed E-state index contributed by atoms with van der Waals surface area (Å²) in [6.45, 7) is 0. The van der Waals surface area contributed by atoms with Gasteiger partial charge in [-0.05, 0) is 0 Å². The molecule has 0 rings (SSSR count). The van der Waals surface area contributed by atoms with Gasteiger partial charge in [0.2, 0.25) is 0 Å². The Bertz CT molecular complexity index is 341. The first-order chi connectivity index (χ1) is 5.10. The van der Waals surface area contributed by atoms with Gasteiger partial charge < -0.3 is 5.71 Å². The summed E-state index contributed by atoms with van der Waals surface area (Å²) in [5.74, 6) is 0. The molecule has 0 bridgehead atoms. The minimum absolute atomic E-state index is 0. The van der Waals surface area contributed by atoms with Crippen molar-refractivity contribution in [2.45, 2.75) is 0 Å². The molecule has 0 aliphatic rings. The topological polar surface area (TPSA) is 144 Å². The van der Waals surface area contributed by atoms with Crippen molar-refractivity contribution in [2.75, 3.05) is 0 Å². The summed E-state index contributed by atoms with van der Waals surface area (Å²) < 4.78 is 60.8. The van der Waals surface area contributed by atoms with Crippen LogP contribution in [0.15, 0.2) is 0 Å². The fourth-order valence-electron chi connectivity index (χ4n) is 0.186. The summed E-state index contributed by atoms with van der Waals surface area (Å²) in [7, 11) is 0. The van der Waals surface area contributed by atoms with Gasteiger partial charge in [-0.1, -0.05) is 0 Å². The Labute approximate surface area is 169 Å². The number of hydrogen-bond donors (Lipinski definition) is 2. The Hall–Kier alpha value is 2.57. The molecule has 0 saturated heterocycles. The Morgan fingerprint density at radius 1 is 0.929 bits per heavy atom. The molecule has 0 saturated carbocycles. The molecule has 14 heavy (non-hydrogen) atoms. The van der Waals surface area contributed by atoms with Crippen LogP contribution < -0.4 is 0 Å². The molecule has 0 heterocycles. The van der Waals surface area contributed by atoms with E-state index in [9.17, 15) is 20.1 Å². The van der Waals surface area contributed by atoms with E-state index >= 15 is 0 Å². The first-order valence-electron chi connectivity index (χ1n) is 1.98. The molecule has 0 unspecified atom stereocenters. The molecule has 0 fully saturated rings. The van der Waals surface area contributed by atoms with Crippen LogP contribution in [0, 0.1) is 0 Å². The summed E-state index contributed by atoms with van der Waals surface area (Å²) >= 11 is -11.6. The molecule has 0 aliphatic heterocycles. The maximum atomic E-state index is 9.99. The van der Waals surface area contributed by atoms with Crippen LogP contribution >= 0.6 is 0 Å². The van der Waals surface area contributed by atoms with E-state index in [1.807, 2.05) is 0 Å². The normalized spacial score (nSPS) is 10.4. The third kappa shape index (κ3) is 17.0. The quantitative estimate of drug-likeness (QED) is 0.329. The predicted octanol–water partition coefficient (Wildman–Crippen LogP) is -2.59. The summed E-state index contributed by atoms with van der Waals surface area (Å²) in [4.78, 5) is 9.99. The monoisotopic (exact) mass is 598 g/mol. The Morgan fingerprint density at radius 3 is 1.29 bits per heavy atom. The molecule has 0 aromatic carbocycles. The molecule has 0 radical (unpaired) electrons. The zero-order chi connectivity index (χ0) is 9.99. The maximum absolute atomic E-state index is 9.99. The van der Waals surface area contributed by atoms with Gasteiger partial charge in [0.05, 0.1) is 0 Å². The van der Waals surface area contributed by atoms with Gasteiger partial charge >= 0.3 is 167 Å². The number of carbonyl (C=O) groups excluding carboxylic acids is 1. The third-order valence-corrected chi connectivity index (χ3v) is 1.80. The SMILES string of the molecule is O=C(O[Se](=O)(=O)O)O[Se](=O)(=O)O.[Ba+2].[Ba+2].[H-].[H-].[H-].[H-]. The van der Waals surface area contributed by atoms with Crippen molar-refractivity contribution < 1.29 is 41.9 Å². The van der Waals surface area contributed by atoms with Gasteiger partial charge in [-0.3, -0.25) is 0 Å². The van der Waals surface area contributed by atoms with Crippen LogP contribution in [0.1, 0.15) is 5.71 Å². The number of rotatable bonds is 2. The van der Waals surface area contributed by atoms with Crippen molar-refractivity contribution in [3.05, 3.63) is 0 Å². The standard InChI is InChI=1S/CH2O9Se2.2Ba.4H/c2-1(9-11(3,4)5)10-12(6,7)8;;;;;;/h(H,3,4,5)(H,6,7,8);;;;;;/q;2*+2;4*-1. The zero-order valence-corrected chi connectivity index (χ0v) is 18.8. The average molecular weight is 595 g/mol. The van der Waals surface area contributed by atoms with E-state index in [-0.39, 0.29) is 103 Å². The molecule has 0 spiro atoms. The van der Waals surface area contributed by atoms with E-state index in [0.717, 1.165) is 0 Å². The molecule has 0 aromatic rings. The van der Waals surface area contributed by atoms with Crippen molar-refractivity contribution in [3.8, 4) is 0 Å². The Balaban J connectivity index is -0.0000000403. The smallest absolute Gasteiger partial charge is 1.00 e. The number of hydrogen-bond acceptors (Lipinski definition) is 7. The summed E-state index contributed by atoms with van der Waals surface area (Å²) in [5, 5.41) is 0. The second kappa shape index (κ2) is 8.63. The first-order valence-corrected chi connectivity index (χ1v) is 7.71. The molecule has 2 N–H and O–H groups in total. The van der Waals surface area contributed by atoms with E-state index in [1.165, 1.54) is 0 Å². The van der Waals surface area contributed by atoms with Gasteiger partial charge in [0, 0.05) is 0 Å². The Morgan fingerprint density at radius 2 is 1.14 bits per heavy atom. The van der Waals surface area contributed by atoms with Gasteiger partial charge in [-0.25, -0.2) is 0 Å². The fraction of sp³-hybridized carbons (Fsp3) is 0. The van der Waals surface area contributed by atoms with Crippen LogP contribution in [-0.4, -0.2) is 139 Å². The molecular weight excluding hydrogens is 589 g/mol. The van der Waals surface area contributed by atoms with E-state index in [4.69, 9.17) is 8.38 Å². The molecule has 0 aliphatic carbocycles. The minimum atomic E-state index is -5.82. The second-order valence-corrected chi connectivity index (χ2v) is 5.56. The molecule has 0 atom stereocenters. The van der Waals surface area contributed by atoms with Gasteiger partial charge in [-0.2, -0.15) is 0 Å². The van der Waals surface area contributed by atoms with Gasteiger partial charge in [0.15, 0.2) is 0 Å². The van der Waals surface area contributed by atoms with Crippen molar-refractivity contribution in [2.24, 2.45) is 0 Å². The van der Waals surface area contributed by atoms with Gasteiger partial charge in [0.25, 0.3) is 0 Å². The van der Waals surface area contributed by atoms with Crippen LogP contribution in [0.25, 0.3) is 0 Å². The fourth-order valence-corrected chi connectivity index (χ4v) is 1.27. The van der Waals surface area contributed by atoms with Crippen molar-refractivity contribution in [1.82, 2.24) is 0 Å². The summed E-state index contributed by atoms with van der Waals surface area (Å²) in [5.41, 5.74) is 0. The Kier molecular flexibility index (Phi) is 13.5. The van der Waals surface area contributed by atoms with Crippen molar-refractivity contribution >= 4 is 131 Å². The average Bonchev–Trinajstić information content (AvgIpc) is 1.49. The maximum Gasteiger partial charge on any atom is 2.00 e. The van der Waals surface area contributed by atoms with E-state index in [2.05, 4.69) is 7.64 Å². The van der Waals surface area contributed by atoms with Crippen LogP contribution in [0.3, 0.4) is 0 Å². The molecule has 13 heteroatoms. The van der Waals surface area contributed by atoms with E-state index in [1.54, 1.807) is 0 Å². The van der Waals surface area contributed by atoms with Crippen LogP contribution in [0.5, 0.6) is 0 Å². The molecule has 9 nitrogen and oxygen atoms in total. The van der Waals surface area contributed by atoms with Crippen LogP contribution in [-0.2, 0) is 23.0 Å². The summed E-state index contributed by atoms with van der Waals surface area (Å²) in [6, 6.07) is 0. The van der Waals surface area contributed by atoms with Crippen LogP contribution in [0.2, 0.25) is 0 Å². The predicted molar refractivity (Wildman–Crippen MR) is 42.2 cm³/mol. The largest absolute Gasteiger partial charge is 2.00 e. The van der Waals surface area contributed by atoms with Gasteiger partial charge in [-0.15, -0.1) is 0 Å². The molecule has 0 aromatic heterocycles.